The molecular formula is C17H27ClN2O. The molecule has 0 unspecified atom stereocenters. The van der Waals surface area contributed by atoms with Crippen LogP contribution in [0, 0.1) is 12.8 Å². The summed E-state index contributed by atoms with van der Waals surface area (Å²) in [7, 11) is 0. The Balaban J connectivity index is 0.00000220. The Morgan fingerprint density at radius 1 is 1.33 bits per heavy atom. The molecule has 2 rings (SSSR count). The van der Waals surface area contributed by atoms with Crippen molar-refractivity contribution in [2.24, 2.45) is 5.92 Å². The van der Waals surface area contributed by atoms with E-state index in [1.807, 2.05) is 25.1 Å². The molecule has 0 aliphatic heterocycles. The summed E-state index contributed by atoms with van der Waals surface area (Å²) >= 11 is 0. The van der Waals surface area contributed by atoms with Gasteiger partial charge in [-0.25, -0.2) is 0 Å². The summed E-state index contributed by atoms with van der Waals surface area (Å²) in [6, 6.07) is 6.02. The lowest BCUT2D eigenvalue weighted by Crippen LogP contribution is -2.41. The second-order valence-electron chi connectivity index (χ2n) is 6.36. The van der Waals surface area contributed by atoms with Crippen molar-refractivity contribution >= 4 is 24.0 Å². The van der Waals surface area contributed by atoms with Crippen molar-refractivity contribution in [2.45, 2.75) is 52.5 Å². The van der Waals surface area contributed by atoms with Crippen LogP contribution >= 0.6 is 12.4 Å². The zero-order valence-corrected chi connectivity index (χ0v) is 14.1. The monoisotopic (exact) mass is 310 g/mol. The Hall–Kier alpha value is -1.22. The predicted octanol–water partition coefficient (Wildman–Crippen LogP) is 4.04. The van der Waals surface area contributed by atoms with Crippen LogP contribution in [0.25, 0.3) is 0 Å². The Morgan fingerprint density at radius 2 is 1.95 bits per heavy atom. The summed E-state index contributed by atoms with van der Waals surface area (Å²) in [6.07, 6.45) is 4.75. The van der Waals surface area contributed by atoms with Gasteiger partial charge in [0.1, 0.15) is 0 Å². The molecule has 1 amide bonds. The van der Waals surface area contributed by atoms with Gasteiger partial charge in [0.05, 0.1) is 0 Å². The molecule has 118 valence electrons. The average molecular weight is 311 g/mol. The molecular weight excluding hydrogens is 284 g/mol. The zero-order chi connectivity index (χ0) is 14.7. The van der Waals surface area contributed by atoms with E-state index in [4.69, 9.17) is 5.73 Å². The first-order valence-corrected chi connectivity index (χ1v) is 7.66. The number of hydrogen-bond donors (Lipinski definition) is 1. The number of nitrogens with two attached hydrogens (primary N) is 1. The van der Waals surface area contributed by atoms with Crippen LogP contribution in [-0.4, -0.2) is 23.4 Å². The number of carbonyl (C=O) groups is 1. The highest BCUT2D eigenvalue weighted by molar-refractivity contribution is 5.96. The molecule has 0 saturated heterocycles. The summed E-state index contributed by atoms with van der Waals surface area (Å²) in [4.78, 5) is 15.0. The molecule has 2 N–H and O–H groups in total. The molecule has 21 heavy (non-hydrogen) atoms. The lowest BCUT2D eigenvalue weighted by molar-refractivity contribution is 0.0655. The predicted molar refractivity (Wildman–Crippen MR) is 91.0 cm³/mol. The molecule has 0 atom stereocenters. The lowest BCUT2D eigenvalue weighted by atomic mass is 10.0. The van der Waals surface area contributed by atoms with Crippen LogP contribution in [0.5, 0.6) is 0 Å². The van der Waals surface area contributed by atoms with E-state index in [2.05, 4.69) is 18.7 Å². The standard InChI is InChI=1S/C17H26N2O.ClH/c1-12(2)11-19(15-6-4-5-7-15)17(20)16-10-14(18)9-8-13(16)3;/h8-10,12,15H,4-7,11,18H2,1-3H3;1H. The van der Waals surface area contributed by atoms with Gasteiger partial charge in [0, 0.05) is 23.8 Å². The summed E-state index contributed by atoms with van der Waals surface area (Å²) in [6.45, 7) is 7.15. The van der Waals surface area contributed by atoms with E-state index in [9.17, 15) is 4.79 Å². The molecule has 0 aromatic heterocycles. The van der Waals surface area contributed by atoms with Crippen LogP contribution in [0.2, 0.25) is 0 Å². The average Bonchev–Trinajstić information content (AvgIpc) is 2.91. The van der Waals surface area contributed by atoms with E-state index in [0.717, 1.165) is 30.5 Å². The second kappa shape index (κ2) is 7.69. The highest BCUT2D eigenvalue weighted by Crippen LogP contribution is 2.27. The topological polar surface area (TPSA) is 46.3 Å². The van der Waals surface area contributed by atoms with Crippen molar-refractivity contribution in [3.05, 3.63) is 29.3 Å². The van der Waals surface area contributed by atoms with E-state index >= 15 is 0 Å². The number of anilines is 1. The van der Waals surface area contributed by atoms with E-state index in [0.29, 0.717) is 17.6 Å². The van der Waals surface area contributed by atoms with Gasteiger partial charge in [-0.15, -0.1) is 12.4 Å². The molecule has 1 saturated carbocycles. The van der Waals surface area contributed by atoms with Crippen LogP contribution < -0.4 is 5.73 Å². The van der Waals surface area contributed by atoms with Crippen LogP contribution in [0.15, 0.2) is 18.2 Å². The van der Waals surface area contributed by atoms with Crippen molar-refractivity contribution < 1.29 is 4.79 Å². The molecule has 1 aromatic carbocycles. The lowest BCUT2D eigenvalue weighted by Gasteiger charge is -2.31. The van der Waals surface area contributed by atoms with Gasteiger partial charge in [-0.1, -0.05) is 32.8 Å². The van der Waals surface area contributed by atoms with E-state index < -0.39 is 0 Å². The quantitative estimate of drug-likeness (QED) is 0.853. The number of benzene rings is 1. The summed E-state index contributed by atoms with van der Waals surface area (Å²) < 4.78 is 0. The fraction of sp³-hybridized carbons (Fsp3) is 0.588. The van der Waals surface area contributed by atoms with Crippen LogP contribution in [0.1, 0.15) is 55.5 Å². The molecule has 0 heterocycles. The molecule has 1 fully saturated rings. The normalized spacial score (nSPS) is 15.0. The van der Waals surface area contributed by atoms with Crippen LogP contribution in [-0.2, 0) is 0 Å². The number of nitrogen functional groups attached to an aromatic ring is 1. The Bertz CT molecular complexity index is 482. The van der Waals surface area contributed by atoms with Gasteiger partial charge in [-0.05, 0) is 43.4 Å². The van der Waals surface area contributed by atoms with Crippen molar-refractivity contribution in [3.63, 3.8) is 0 Å². The van der Waals surface area contributed by atoms with Gasteiger partial charge >= 0.3 is 0 Å². The van der Waals surface area contributed by atoms with E-state index in [-0.39, 0.29) is 18.3 Å². The number of rotatable bonds is 4. The number of halogens is 1. The fourth-order valence-electron chi connectivity index (χ4n) is 3.03. The highest BCUT2D eigenvalue weighted by Gasteiger charge is 2.28. The summed E-state index contributed by atoms with van der Waals surface area (Å²) in [5.41, 5.74) is 8.28. The van der Waals surface area contributed by atoms with Gasteiger partial charge in [-0.3, -0.25) is 4.79 Å². The third kappa shape index (κ3) is 4.37. The molecule has 0 spiro atoms. The van der Waals surface area contributed by atoms with Gasteiger partial charge in [0.25, 0.3) is 5.91 Å². The Kier molecular flexibility index (Phi) is 6.53. The minimum Gasteiger partial charge on any atom is -0.399 e. The van der Waals surface area contributed by atoms with Crippen molar-refractivity contribution in [1.29, 1.82) is 0 Å². The summed E-state index contributed by atoms with van der Waals surface area (Å²) in [5, 5.41) is 0. The first-order valence-electron chi connectivity index (χ1n) is 7.66. The third-order valence-electron chi connectivity index (χ3n) is 4.08. The van der Waals surface area contributed by atoms with Crippen molar-refractivity contribution in [1.82, 2.24) is 4.90 Å². The number of nitrogens with zero attached hydrogens (tertiary/aromatic N) is 1. The maximum Gasteiger partial charge on any atom is 0.254 e. The zero-order valence-electron chi connectivity index (χ0n) is 13.3. The highest BCUT2D eigenvalue weighted by atomic mass is 35.5. The molecule has 4 heteroatoms. The SMILES string of the molecule is Cc1ccc(N)cc1C(=O)N(CC(C)C)C1CCCC1.Cl. The van der Waals surface area contributed by atoms with Crippen LogP contribution in [0.4, 0.5) is 5.69 Å². The Morgan fingerprint density at radius 3 is 2.52 bits per heavy atom. The second-order valence-corrected chi connectivity index (χ2v) is 6.36. The number of hydrogen-bond acceptors (Lipinski definition) is 2. The van der Waals surface area contributed by atoms with Gasteiger partial charge in [0.15, 0.2) is 0 Å². The van der Waals surface area contributed by atoms with Gasteiger partial charge < -0.3 is 10.6 Å². The van der Waals surface area contributed by atoms with E-state index in [1.165, 1.54) is 12.8 Å². The Labute approximate surface area is 134 Å². The number of aryl methyl sites for hydroxylation is 1. The molecule has 1 aliphatic carbocycles. The molecule has 1 aromatic rings. The number of carbonyl (C=O) groups excluding carboxylic acids is 1. The van der Waals surface area contributed by atoms with Crippen molar-refractivity contribution in [2.75, 3.05) is 12.3 Å². The maximum atomic E-state index is 12.9. The smallest absolute Gasteiger partial charge is 0.254 e. The van der Waals surface area contributed by atoms with Crippen molar-refractivity contribution in [3.8, 4) is 0 Å². The third-order valence-corrected chi connectivity index (χ3v) is 4.08. The van der Waals surface area contributed by atoms with Gasteiger partial charge in [-0.2, -0.15) is 0 Å². The minimum absolute atomic E-state index is 0. The fourth-order valence-corrected chi connectivity index (χ4v) is 3.03. The van der Waals surface area contributed by atoms with Crippen LogP contribution in [0.3, 0.4) is 0 Å². The first-order chi connectivity index (χ1) is 9.49. The van der Waals surface area contributed by atoms with E-state index in [1.54, 1.807) is 0 Å². The molecule has 0 radical (unpaired) electrons. The first kappa shape index (κ1) is 17.8. The molecule has 1 aliphatic rings. The molecule has 3 nitrogen and oxygen atoms in total. The largest absolute Gasteiger partial charge is 0.399 e. The van der Waals surface area contributed by atoms with Gasteiger partial charge in [0.2, 0.25) is 0 Å². The minimum atomic E-state index is 0. The molecule has 0 bridgehead atoms. The maximum absolute atomic E-state index is 12.9. The summed E-state index contributed by atoms with van der Waals surface area (Å²) in [5.74, 6) is 0.635. The number of amides is 1.